The van der Waals surface area contributed by atoms with E-state index in [1.54, 1.807) is 23.9 Å². The van der Waals surface area contributed by atoms with Crippen LogP contribution in [-0.2, 0) is 0 Å². The van der Waals surface area contributed by atoms with Crippen molar-refractivity contribution in [1.29, 1.82) is 5.26 Å². The number of hydrogen-bond acceptors (Lipinski definition) is 4. The van der Waals surface area contributed by atoms with Gasteiger partial charge < -0.3 is 14.8 Å². The number of hydrogen-bond donors (Lipinski definition) is 2. The quantitative estimate of drug-likeness (QED) is 0.903. The Labute approximate surface area is 140 Å². The predicted molar refractivity (Wildman–Crippen MR) is 87.9 cm³/mol. The number of nitrogens with zero attached hydrogens (tertiary/aromatic N) is 2. The number of aromatic nitrogens is 1. The van der Waals surface area contributed by atoms with Gasteiger partial charge in [-0.1, -0.05) is 19.3 Å². The second kappa shape index (κ2) is 6.54. The molecule has 0 aliphatic heterocycles. The number of carbonyl (C=O) groups excluding carboxylic acids is 1. The lowest BCUT2D eigenvalue weighted by atomic mass is 9.85. The van der Waals surface area contributed by atoms with Crippen LogP contribution in [0, 0.1) is 18.3 Å². The van der Waals surface area contributed by atoms with Crippen LogP contribution in [-0.4, -0.2) is 27.7 Å². The number of carbonyl (C=O) groups is 1. The third-order valence-corrected chi connectivity index (χ3v) is 4.61. The van der Waals surface area contributed by atoms with Gasteiger partial charge in [-0.2, -0.15) is 5.26 Å². The van der Waals surface area contributed by atoms with Gasteiger partial charge in [0.2, 0.25) is 5.88 Å². The Morgan fingerprint density at radius 3 is 2.67 bits per heavy atom. The molecule has 1 aliphatic rings. The van der Waals surface area contributed by atoms with Crippen molar-refractivity contribution in [3.63, 3.8) is 0 Å². The number of nitrogens with one attached hydrogen (secondary N) is 1. The first-order valence-electron chi connectivity index (χ1n) is 8.21. The monoisotopic (exact) mass is 327 g/mol. The molecule has 0 radical (unpaired) electrons. The fraction of sp³-hybridized carbons (Fsp3) is 0.444. The highest BCUT2D eigenvalue weighted by Gasteiger charge is 2.31. The van der Waals surface area contributed by atoms with E-state index in [0.29, 0.717) is 24.5 Å². The molecular formula is C18H21N3O3. The lowest BCUT2D eigenvalue weighted by molar-refractivity contribution is 0.00523. The zero-order valence-electron chi connectivity index (χ0n) is 13.7. The fourth-order valence-electron chi connectivity index (χ4n) is 3.28. The highest BCUT2D eigenvalue weighted by molar-refractivity contribution is 5.98. The zero-order valence-corrected chi connectivity index (χ0v) is 13.7. The summed E-state index contributed by atoms with van der Waals surface area (Å²) in [6, 6.07) is 5.70. The van der Waals surface area contributed by atoms with Gasteiger partial charge in [-0.05, 0) is 31.9 Å². The molecule has 0 spiro atoms. The van der Waals surface area contributed by atoms with E-state index >= 15 is 0 Å². The van der Waals surface area contributed by atoms with Gasteiger partial charge in [-0.3, -0.25) is 9.36 Å². The predicted octanol–water partition coefficient (Wildman–Crippen LogP) is 2.68. The second-order valence-electron chi connectivity index (χ2n) is 6.38. The van der Waals surface area contributed by atoms with Gasteiger partial charge in [-0.25, -0.2) is 0 Å². The van der Waals surface area contributed by atoms with Crippen LogP contribution in [0.4, 0.5) is 0 Å². The van der Waals surface area contributed by atoms with Crippen LogP contribution in [0.3, 0.4) is 0 Å². The van der Waals surface area contributed by atoms with E-state index in [1.807, 2.05) is 12.1 Å². The topological polar surface area (TPSA) is 91.2 Å². The maximum Gasteiger partial charge on any atom is 0.256 e. The van der Waals surface area contributed by atoms with Crippen molar-refractivity contribution in [2.75, 3.05) is 6.54 Å². The Bertz CT molecular complexity index is 762. The summed E-state index contributed by atoms with van der Waals surface area (Å²) in [5, 5.41) is 22.8. The summed E-state index contributed by atoms with van der Waals surface area (Å²) in [6.07, 6.45) is 7.96. The third-order valence-electron chi connectivity index (χ3n) is 4.61. The van der Waals surface area contributed by atoms with E-state index in [0.717, 1.165) is 19.3 Å². The SMILES string of the molecule is Cc1oc(-n2cccc2)c(C#N)c1C(=O)NCC1(O)CCCCC1. The molecule has 2 aromatic rings. The third kappa shape index (κ3) is 3.08. The van der Waals surface area contributed by atoms with Crippen molar-refractivity contribution in [1.82, 2.24) is 9.88 Å². The first kappa shape index (κ1) is 16.3. The van der Waals surface area contributed by atoms with E-state index in [1.165, 1.54) is 0 Å². The Kier molecular flexibility index (Phi) is 4.45. The normalized spacial score (nSPS) is 16.5. The molecule has 0 saturated heterocycles. The van der Waals surface area contributed by atoms with Gasteiger partial charge in [0, 0.05) is 18.9 Å². The molecule has 2 heterocycles. The molecule has 1 aliphatic carbocycles. The maximum absolute atomic E-state index is 12.6. The molecule has 126 valence electrons. The number of nitriles is 1. The fourth-order valence-corrected chi connectivity index (χ4v) is 3.28. The van der Waals surface area contributed by atoms with Crippen molar-refractivity contribution in [2.45, 2.75) is 44.6 Å². The van der Waals surface area contributed by atoms with Crippen LogP contribution < -0.4 is 5.32 Å². The number of furan rings is 1. The van der Waals surface area contributed by atoms with Gasteiger partial charge >= 0.3 is 0 Å². The first-order valence-corrected chi connectivity index (χ1v) is 8.21. The van der Waals surface area contributed by atoms with E-state index < -0.39 is 5.60 Å². The average molecular weight is 327 g/mol. The van der Waals surface area contributed by atoms with Crippen molar-refractivity contribution in [3.8, 4) is 12.0 Å². The lowest BCUT2D eigenvalue weighted by Crippen LogP contribution is -2.44. The smallest absolute Gasteiger partial charge is 0.256 e. The Balaban J connectivity index is 1.81. The van der Waals surface area contributed by atoms with E-state index in [-0.39, 0.29) is 23.6 Å². The van der Waals surface area contributed by atoms with E-state index in [4.69, 9.17) is 4.42 Å². The number of rotatable bonds is 4. The molecule has 1 fully saturated rings. The van der Waals surface area contributed by atoms with Crippen LogP contribution in [0.5, 0.6) is 0 Å². The molecule has 0 aromatic carbocycles. The van der Waals surface area contributed by atoms with Gasteiger partial charge in [0.25, 0.3) is 5.91 Å². The molecule has 0 atom stereocenters. The molecular weight excluding hydrogens is 306 g/mol. The highest BCUT2D eigenvalue weighted by atomic mass is 16.4. The number of aliphatic hydroxyl groups is 1. The summed E-state index contributed by atoms with van der Waals surface area (Å²) in [5.74, 6) is 0.343. The van der Waals surface area contributed by atoms with Crippen molar-refractivity contribution in [2.24, 2.45) is 0 Å². The van der Waals surface area contributed by atoms with Gasteiger partial charge in [-0.15, -0.1) is 0 Å². The summed E-state index contributed by atoms with van der Waals surface area (Å²) in [5.41, 5.74) is -0.404. The molecule has 1 amide bonds. The number of aryl methyl sites for hydroxylation is 1. The standard InChI is InChI=1S/C18H21N3O3/c1-13-15(14(11-19)17(24-13)21-9-5-6-10-21)16(22)20-12-18(23)7-3-2-4-8-18/h5-6,9-10,23H,2-4,7-8,12H2,1H3,(H,20,22). The summed E-state index contributed by atoms with van der Waals surface area (Å²) in [7, 11) is 0. The number of amides is 1. The summed E-state index contributed by atoms with van der Waals surface area (Å²) in [6.45, 7) is 1.86. The van der Waals surface area contributed by atoms with Crippen LogP contribution in [0.1, 0.15) is 53.8 Å². The molecule has 1 saturated carbocycles. The molecule has 2 aromatic heterocycles. The van der Waals surface area contributed by atoms with Crippen LogP contribution in [0.2, 0.25) is 0 Å². The molecule has 3 rings (SSSR count). The summed E-state index contributed by atoms with van der Waals surface area (Å²) < 4.78 is 7.30. The first-order chi connectivity index (χ1) is 11.5. The van der Waals surface area contributed by atoms with Gasteiger partial charge in [0.15, 0.2) is 0 Å². The minimum atomic E-state index is -0.846. The average Bonchev–Trinajstić information content (AvgIpc) is 3.20. The summed E-state index contributed by atoms with van der Waals surface area (Å²) >= 11 is 0. The van der Waals surface area contributed by atoms with E-state index in [2.05, 4.69) is 11.4 Å². The Morgan fingerprint density at radius 2 is 2.04 bits per heavy atom. The van der Waals surface area contributed by atoms with Crippen molar-refractivity contribution >= 4 is 5.91 Å². The minimum absolute atomic E-state index is 0.195. The van der Waals surface area contributed by atoms with Crippen molar-refractivity contribution in [3.05, 3.63) is 41.4 Å². The zero-order chi connectivity index (χ0) is 17.2. The molecule has 6 nitrogen and oxygen atoms in total. The maximum atomic E-state index is 12.6. The molecule has 24 heavy (non-hydrogen) atoms. The van der Waals surface area contributed by atoms with Crippen LogP contribution in [0.15, 0.2) is 28.9 Å². The van der Waals surface area contributed by atoms with Crippen molar-refractivity contribution < 1.29 is 14.3 Å². The molecule has 0 unspecified atom stereocenters. The highest BCUT2D eigenvalue weighted by Crippen LogP contribution is 2.28. The summed E-state index contributed by atoms with van der Waals surface area (Å²) in [4.78, 5) is 12.6. The molecule has 2 N–H and O–H groups in total. The Hall–Kier alpha value is -2.52. The van der Waals surface area contributed by atoms with Crippen LogP contribution >= 0.6 is 0 Å². The van der Waals surface area contributed by atoms with Gasteiger partial charge in [0.05, 0.1) is 5.60 Å². The molecule has 6 heteroatoms. The van der Waals surface area contributed by atoms with Gasteiger partial charge in [0.1, 0.15) is 23.0 Å². The second-order valence-corrected chi connectivity index (χ2v) is 6.38. The minimum Gasteiger partial charge on any atom is -0.443 e. The largest absolute Gasteiger partial charge is 0.443 e. The van der Waals surface area contributed by atoms with Crippen LogP contribution in [0.25, 0.3) is 5.88 Å². The lowest BCUT2D eigenvalue weighted by Gasteiger charge is -2.32. The van der Waals surface area contributed by atoms with E-state index in [9.17, 15) is 15.2 Å². The molecule has 0 bridgehead atoms. The Morgan fingerprint density at radius 1 is 1.38 bits per heavy atom.